The zero-order valence-corrected chi connectivity index (χ0v) is 17.3. The van der Waals surface area contributed by atoms with E-state index in [1.54, 1.807) is 0 Å². The molecule has 1 aromatic heterocycles. The third-order valence-electron chi connectivity index (χ3n) is 5.59. The number of benzene rings is 1. The molecule has 8 heteroatoms. The average Bonchev–Trinajstić information content (AvgIpc) is 3.25. The van der Waals surface area contributed by atoms with Crippen LogP contribution in [0.1, 0.15) is 53.1 Å². The summed E-state index contributed by atoms with van der Waals surface area (Å²) in [6.45, 7) is 3.17. The van der Waals surface area contributed by atoms with Crippen LogP contribution in [0.3, 0.4) is 0 Å². The summed E-state index contributed by atoms with van der Waals surface area (Å²) < 4.78 is 37.2. The highest BCUT2D eigenvalue weighted by atomic mass is 32.2. The maximum absolute atomic E-state index is 12.6. The van der Waals surface area contributed by atoms with Crippen molar-refractivity contribution in [2.75, 3.05) is 26.3 Å². The lowest BCUT2D eigenvalue weighted by atomic mass is 9.89. The lowest BCUT2D eigenvalue weighted by molar-refractivity contribution is 0.0722. The van der Waals surface area contributed by atoms with E-state index in [0.717, 1.165) is 18.4 Å². The first-order chi connectivity index (χ1) is 13.9. The van der Waals surface area contributed by atoms with Crippen LogP contribution in [0.4, 0.5) is 0 Å². The van der Waals surface area contributed by atoms with E-state index in [0.29, 0.717) is 13.2 Å². The molecular formula is C21H26N2O5S. The lowest BCUT2D eigenvalue weighted by Gasteiger charge is -2.24. The number of sulfonamides is 1. The standard InChI is InChI=1S/C21H26N2O5S/c1-15(17-7-6-16-4-2-3-5-18(16)14-17)22-21(24)19-8-9-20(28-19)29(25,26)23-10-12-27-13-11-23/h6-9,14-15H,2-5,10-13H2,1H3,(H,22,24). The number of furan rings is 1. The van der Waals surface area contributed by atoms with E-state index < -0.39 is 15.9 Å². The summed E-state index contributed by atoms with van der Waals surface area (Å²) in [6.07, 6.45) is 4.62. The number of nitrogens with one attached hydrogen (secondary N) is 1. The van der Waals surface area contributed by atoms with Crippen LogP contribution in [0.25, 0.3) is 0 Å². The summed E-state index contributed by atoms with van der Waals surface area (Å²) in [7, 11) is -3.76. The molecule has 1 amide bonds. The monoisotopic (exact) mass is 418 g/mol. The van der Waals surface area contributed by atoms with Gasteiger partial charge >= 0.3 is 0 Å². The van der Waals surface area contributed by atoms with Gasteiger partial charge in [0.25, 0.3) is 15.9 Å². The highest BCUT2D eigenvalue weighted by molar-refractivity contribution is 7.89. The Labute approximate surface area is 171 Å². The van der Waals surface area contributed by atoms with Gasteiger partial charge in [-0.25, -0.2) is 8.42 Å². The van der Waals surface area contributed by atoms with E-state index in [2.05, 4.69) is 17.4 Å². The molecule has 1 aromatic carbocycles. The molecule has 0 spiro atoms. The normalized spacial score (nSPS) is 18.8. The van der Waals surface area contributed by atoms with Crippen molar-refractivity contribution in [3.05, 3.63) is 52.8 Å². The predicted octanol–water partition coefficient (Wildman–Crippen LogP) is 2.67. The molecule has 0 bridgehead atoms. The van der Waals surface area contributed by atoms with Gasteiger partial charge in [-0.15, -0.1) is 0 Å². The van der Waals surface area contributed by atoms with Crippen LogP contribution in [0.15, 0.2) is 39.8 Å². The minimum atomic E-state index is -3.76. The molecule has 1 aliphatic heterocycles. The van der Waals surface area contributed by atoms with E-state index in [1.165, 1.54) is 40.4 Å². The van der Waals surface area contributed by atoms with Crippen LogP contribution in [-0.4, -0.2) is 44.9 Å². The molecule has 1 aliphatic carbocycles. The van der Waals surface area contributed by atoms with Gasteiger partial charge in [0.1, 0.15) is 0 Å². The Kier molecular flexibility index (Phi) is 5.76. The molecule has 156 valence electrons. The highest BCUT2D eigenvalue weighted by Gasteiger charge is 2.30. The first-order valence-electron chi connectivity index (χ1n) is 10.1. The number of morpholine rings is 1. The SMILES string of the molecule is CC(NC(=O)c1ccc(S(=O)(=O)N2CCOCC2)o1)c1ccc2c(c1)CCCC2. The third-order valence-corrected chi connectivity index (χ3v) is 7.36. The smallest absolute Gasteiger partial charge is 0.287 e. The molecule has 0 radical (unpaired) electrons. The molecule has 4 rings (SSSR count). The first kappa shape index (κ1) is 20.1. The predicted molar refractivity (Wildman–Crippen MR) is 107 cm³/mol. The van der Waals surface area contributed by atoms with Gasteiger partial charge in [-0.1, -0.05) is 18.2 Å². The first-order valence-corrected chi connectivity index (χ1v) is 11.5. The number of aryl methyl sites for hydroxylation is 2. The van der Waals surface area contributed by atoms with Crippen LogP contribution in [-0.2, 0) is 27.6 Å². The Morgan fingerprint density at radius 3 is 2.55 bits per heavy atom. The van der Waals surface area contributed by atoms with Crippen molar-refractivity contribution < 1.29 is 22.4 Å². The Morgan fingerprint density at radius 2 is 1.79 bits per heavy atom. The van der Waals surface area contributed by atoms with Crippen LogP contribution in [0, 0.1) is 0 Å². The summed E-state index contributed by atoms with van der Waals surface area (Å²) in [5, 5.41) is 2.69. The summed E-state index contributed by atoms with van der Waals surface area (Å²) >= 11 is 0. The van der Waals surface area contributed by atoms with E-state index >= 15 is 0 Å². The molecule has 1 unspecified atom stereocenters. The van der Waals surface area contributed by atoms with Gasteiger partial charge in [0, 0.05) is 13.1 Å². The molecule has 2 heterocycles. The van der Waals surface area contributed by atoms with Crippen molar-refractivity contribution in [1.82, 2.24) is 9.62 Å². The van der Waals surface area contributed by atoms with E-state index in [4.69, 9.17) is 9.15 Å². The zero-order chi connectivity index (χ0) is 20.4. The van der Waals surface area contributed by atoms with Crippen LogP contribution < -0.4 is 5.32 Å². The number of carbonyl (C=O) groups is 1. The van der Waals surface area contributed by atoms with Gasteiger partial charge < -0.3 is 14.5 Å². The van der Waals surface area contributed by atoms with Gasteiger partial charge in [-0.2, -0.15) is 4.31 Å². The molecule has 29 heavy (non-hydrogen) atoms. The van der Waals surface area contributed by atoms with Gasteiger partial charge in [-0.3, -0.25) is 4.79 Å². The average molecular weight is 419 g/mol. The molecular weight excluding hydrogens is 392 g/mol. The number of ether oxygens (including phenoxy) is 1. The maximum Gasteiger partial charge on any atom is 0.287 e. The summed E-state index contributed by atoms with van der Waals surface area (Å²) in [4.78, 5) is 12.6. The van der Waals surface area contributed by atoms with E-state index in [-0.39, 0.29) is 30.0 Å². The summed E-state index contributed by atoms with van der Waals surface area (Å²) in [5.74, 6) is -0.444. The van der Waals surface area contributed by atoms with Crippen molar-refractivity contribution >= 4 is 15.9 Å². The number of hydrogen-bond donors (Lipinski definition) is 1. The van der Waals surface area contributed by atoms with Gasteiger partial charge in [0.2, 0.25) is 5.09 Å². The lowest BCUT2D eigenvalue weighted by Crippen LogP contribution is -2.40. The van der Waals surface area contributed by atoms with Crippen LogP contribution >= 0.6 is 0 Å². The minimum absolute atomic E-state index is 0.0124. The van der Waals surface area contributed by atoms with Crippen molar-refractivity contribution in [3.63, 3.8) is 0 Å². The molecule has 1 fully saturated rings. The molecule has 1 saturated heterocycles. The number of nitrogens with zero attached hydrogens (tertiary/aromatic N) is 1. The number of carbonyl (C=O) groups excluding carboxylic acids is 1. The number of fused-ring (bicyclic) bond motifs is 1. The molecule has 2 aliphatic rings. The van der Waals surface area contributed by atoms with Gasteiger partial charge in [0.05, 0.1) is 19.3 Å². The second kappa shape index (κ2) is 8.30. The van der Waals surface area contributed by atoms with Crippen molar-refractivity contribution in [3.8, 4) is 0 Å². The largest absolute Gasteiger partial charge is 0.438 e. The zero-order valence-electron chi connectivity index (χ0n) is 16.5. The topological polar surface area (TPSA) is 88.9 Å². The van der Waals surface area contributed by atoms with Gasteiger partial charge in [-0.05, 0) is 61.4 Å². The molecule has 1 N–H and O–H groups in total. The molecule has 7 nitrogen and oxygen atoms in total. The Morgan fingerprint density at radius 1 is 1.07 bits per heavy atom. The summed E-state index contributed by atoms with van der Waals surface area (Å²) in [6, 6.07) is 8.89. The third kappa shape index (κ3) is 4.24. The fourth-order valence-electron chi connectivity index (χ4n) is 3.87. The van der Waals surface area contributed by atoms with Crippen LogP contribution in [0.2, 0.25) is 0 Å². The Hall–Kier alpha value is -2.16. The summed E-state index contributed by atoms with van der Waals surface area (Å²) in [5.41, 5.74) is 3.78. The van der Waals surface area contributed by atoms with Crippen molar-refractivity contribution in [2.45, 2.75) is 43.7 Å². The second-order valence-electron chi connectivity index (χ2n) is 7.57. The Bertz CT molecular complexity index is 992. The number of hydrogen-bond acceptors (Lipinski definition) is 5. The molecule has 2 aromatic rings. The highest BCUT2D eigenvalue weighted by Crippen LogP contribution is 2.25. The van der Waals surface area contributed by atoms with Crippen molar-refractivity contribution in [2.24, 2.45) is 0 Å². The van der Waals surface area contributed by atoms with Crippen LogP contribution in [0.5, 0.6) is 0 Å². The molecule has 0 saturated carbocycles. The van der Waals surface area contributed by atoms with Gasteiger partial charge in [0.15, 0.2) is 5.76 Å². The maximum atomic E-state index is 12.6. The number of amides is 1. The fraction of sp³-hybridized carbons (Fsp3) is 0.476. The second-order valence-corrected chi connectivity index (χ2v) is 9.43. The quantitative estimate of drug-likeness (QED) is 0.806. The number of rotatable bonds is 5. The van der Waals surface area contributed by atoms with E-state index in [1.807, 2.05) is 13.0 Å². The minimum Gasteiger partial charge on any atom is -0.438 e. The van der Waals surface area contributed by atoms with E-state index in [9.17, 15) is 13.2 Å². The van der Waals surface area contributed by atoms with Crippen molar-refractivity contribution in [1.29, 1.82) is 0 Å². The molecule has 1 atom stereocenters. The fourth-order valence-corrected chi connectivity index (χ4v) is 5.19. The Balaban J connectivity index is 1.45.